The van der Waals surface area contributed by atoms with Crippen molar-refractivity contribution in [3.05, 3.63) is 23.5 Å². The Morgan fingerprint density at radius 2 is 2.19 bits per heavy atom. The van der Waals surface area contributed by atoms with E-state index in [1.807, 2.05) is 30.1 Å². The normalized spacial score (nSPS) is 13.1. The standard InChI is InChI=1S/C14H20N6O/c1-5-6-10-11-13(19(4)18-10)20(14(15)17-11)9(3)12-16-7-8(2)21-12/h7,9H,5-6H2,1-4H3,(H2,15,17). The van der Waals surface area contributed by atoms with Crippen LogP contribution in [0, 0.1) is 6.92 Å². The van der Waals surface area contributed by atoms with Crippen molar-refractivity contribution >= 4 is 17.1 Å². The zero-order valence-electron chi connectivity index (χ0n) is 12.8. The van der Waals surface area contributed by atoms with Gasteiger partial charge in [0.15, 0.2) is 5.65 Å². The van der Waals surface area contributed by atoms with Gasteiger partial charge in [0.05, 0.1) is 11.9 Å². The Morgan fingerprint density at radius 1 is 1.43 bits per heavy atom. The molecule has 0 saturated carbocycles. The number of fused-ring (bicyclic) bond motifs is 1. The van der Waals surface area contributed by atoms with Gasteiger partial charge < -0.3 is 10.2 Å². The smallest absolute Gasteiger partial charge is 0.217 e. The largest absolute Gasteiger partial charge is 0.444 e. The Morgan fingerprint density at radius 3 is 2.81 bits per heavy atom. The maximum Gasteiger partial charge on any atom is 0.217 e. The van der Waals surface area contributed by atoms with Gasteiger partial charge in [-0.05, 0) is 20.3 Å². The van der Waals surface area contributed by atoms with E-state index in [1.165, 1.54) is 0 Å². The third-order valence-corrected chi connectivity index (χ3v) is 3.63. The van der Waals surface area contributed by atoms with Crippen molar-refractivity contribution in [3.63, 3.8) is 0 Å². The Labute approximate surface area is 122 Å². The summed E-state index contributed by atoms with van der Waals surface area (Å²) in [5.74, 6) is 1.86. The highest BCUT2D eigenvalue weighted by atomic mass is 16.4. The quantitative estimate of drug-likeness (QED) is 0.795. The molecular formula is C14H20N6O. The molecule has 7 heteroatoms. The SMILES string of the molecule is CCCc1nn(C)c2c1nc(N)n2C(C)c1ncc(C)o1. The molecule has 0 spiro atoms. The van der Waals surface area contributed by atoms with Crippen LogP contribution in [0.4, 0.5) is 5.95 Å². The van der Waals surface area contributed by atoms with E-state index in [0.717, 1.165) is 35.5 Å². The molecule has 0 aromatic carbocycles. The number of aromatic nitrogens is 5. The summed E-state index contributed by atoms with van der Waals surface area (Å²) in [4.78, 5) is 8.79. The second kappa shape index (κ2) is 4.91. The summed E-state index contributed by atoms with van der Waals surface area (Å²) in [5, 5.41) is 4.55. The highest BCUT2D eigenvalue weighted by Crippen LogP contribution is 2.28. The van der Waals surface area contributed by atoms with Gasteiger partial charge in [0, 0.05) is 7.05 Å². The first-order valence-corrected chi connectivity index (χ1v) is 7.14. The van der Waals surface area contributed by atoms with Crippen LogP contribution in [-0.4, -0.2) is 24.3 Å². The summed E-state index contributed by atoms with van der Waals surface area (Å²) in [6.07, 6.45) is 3.62. The summed E-state index contributed by atoms with van der Waals surface area (Å²) in [5.41, 5.74) is 8.87. The first-order chi connectivity index (χ1) is 10.0. The molecule has 1 unspecified atom stereocenters. The topological polar surface area (TPSA) is 87.7 Å². The summed E-state index contributed by atoms with van der Waals surface area (Å²) in [6.45, 7) is 5.99. The van der Waals surface area contributed by atoms with Gasteiger partial charge in [-0.25, -0.2) is 9.97 Å². The third-order valence-electron chi connectivity index (χ3n) is 3.63. The van der Waals surface area contributed by atoms with Crippen LogP contribution in [0.25, 0.3) is 11.2 Å². The van der Waals surface area contributed by atoms with E-state index >= 15 is 0 Å². The summed E-state index contributed by atoms with van der Waals surface area (Å²) in [6, 6.07) is -0.131. The van der Waals surface area contributed by atoms with Crippen LogP contribution in [0.1, 0.15) is 43.7 Å². The molecule has 7 nitrogen and oxygen atoms in total. The highest BCUT2D eigenvalue weighted by molar-refractivity contribution is 5.78. The third kappa shape index (κ3) is 2.09. The first-order valence-electron chi connectivity index (χ1n) is 7.14. The number of aryl methyl sites for hydroxylation is 3. The first kappa shape index (κ1) is 13.7. The predicted octanol–water partition coefficient (Wildman–Crippen LogP) is 2.21. The lowest BCUT2D eigenvalue weighted by Crippen LogP contribution is -2.12. The molecule has 3 heterocycles. The van der Waals surface area contributed by atoms with Gasteiger partial charge in [-0.3, -0.25) is 9.25 Å². The number of rotatable bonds is 4. The second-order valence-corrected chi connectivity index (χ2v) is 5.32. The minimum absolute atomic E-state index is 0.131. The molecular weight excluding hydrogens is 268 g/mol. The number of hydrogen-bond acceptors (Lipinski definition) is 5. The lowest BCUT2D eigenvalue weighted by atomic mass is 10.2. The second-order valence-electron chi connectivity index (χ2n) is 5.32. The summed E-state index contributed by atoms with van der Waals surface area (Å²) in [7, 11) is 1.91. The van der Waals surface area contributed by atoms with E-state index in [2.05, 4.69) is 22.0 Å². The van der Waals surface area contributed by atoms with Gasteiger partial charge in [-0.1, -0.05) is 13.3 Å². The number of hydrogen-bond donors (Lipinski definition) is 1. The molecule has 0 aliphatic carbocycles. The molecule has 0 bridgehead atoms. The van der Waals surface area contributed by atoms with E-state index in [9.17, 15) is 0 Å². The van der Waals surface area contributed by atoms with Crippen molar-refractivity contribution < 1.29 is 4.42 Å². The van der Waals surface area contributed by atoms with Crippen LogP contribution in [0.15, 0.2) is 10.6 Å². The molecule has 0 saturated heterocycles. The molecule has 0 radical (unpaired) electrons. The Balaban J connectivity index is 2.16. The number of imidazole rings is 1. The average Bonchev–Trinajstić information content (AvgIpc) is 3.07. The fourth-order valence-corrected chi connectivity index (χ4v) is 2.68. The molecule has 0 fully saturated rings. The zero-order chi connectivity index (χ0) is 15.1. The van der Waals surface area contributed by atoms with Gasteiger partial charge in [-0.15, -0.1) is 0 Å². The van der Waals surface area contributed by atoms with Gasteiger partial charge in [-0.2, -0.15) is 5.10 Å². The molecule has 3 rings (SSSR count). The predicted molar refractivity (Wildman–Crippen MR) is 80.0 cm³/mol. The van der Waals surface area contributed by atoms with Gasteiger partial charge >= 0.3 is 0 Å². The fraction of sp³-hybridized carbons (Fsp3) is 0.500. The van der Waals surface area contributed by atoms with Crippen LogP contribution >= 0.6 is 0 Å². The monoisotopic (exact) mass is 288 g/mol. The van der Waals surface area contributed by atoms with Gasteiger partial charge in [0.25, 0.3) is 0 Å². The van der Waals surface area contributed by atoms with Gasteiger partial charge in [0.1, 0.15) is 17.3 Å². The van der Waals surface area contributed by atoms with E-state index in [1.54, 1.807) is 6.20 Å². The minimum atomic E-state index is -0.131. The number of anilines is 1. The van der Waals surface area contributed by atoms with E-state index in [4.69, 9.17) is 10.2 Å². The van der Waals surface area contributed by atoms with Crippen LogP contribution < -0.4 is 5.73 Å². The van der Waals surface area contributed by atoms with Crippen LogP contribution in [0.3, 0.4) is 0 Å². The minimum Gasteiger partial charge on any atom is -0.444 e. The van der Waals surface area contributed by atoms with Gasteiger partial charge in [0.2, 0.25) is 11.8 Å². The highest BCUT2D eigenvalue weighted by Gasteiger charge is 2.24. The Bertz CT molecular complexity index is 781. The molecule has 0 aliphatic rings. The average molecular weight is 288 g/mol. The lowest BCUT2D eigenvalue weighted by molar-refractivity contribution is 0.419. The molecule has 1 atom stereocenters. The van der Waals surface area contributed by atoms with Crippen molar-refractivity contribution in [3.8, 4) is 0 Å². The molecule has 112 valence electrons. The molecule has 3 aromatic heterocycles. The summed E-state index contributed by atoms with van der Waals surface area (Å²) >= 11 is 0. The maximum absolute atomic E-state index is 6.12. The Hall–Kier alpha value is -2.31. The van der Waals surface area contributed by atoms with E-state index in [0.29, 0.717) is 11.8 Å². The van der Waals surface area contributed by atoms with Crippen LogP contribution in [-0.2, 0) is 13.5 Å². The number of nitrogens with two attached hydrogens (primary N) is 1. The van der Waals surface area contributed by atoms with Crippen LogP contribution in [0.2, 0.25) is 0 Å². The van der Waals surface area contributed by atoms with Crippen molar-refractivity contribution in [1.82, 2.24) is 24.3 Å². The lowest BCUT2D eigenvalue weighted by Gasteiger charge is -2.12. The number of nitrogens with zero attached hydrogens (tertiary/aromatic N) is 5. The molecule has 0 amide bonds. The van der Waals surface area contributed by atoms with Crippen molar-refractivity contribution in [1.29, 1.82) is 0 Å². The van der Waals surface area contributed by atoms with E-state index < -0.39 is 0 Å². The Kier molecular flexibility index (Phi) is 3.19. The molecule has 21 heavy (non-hydrogen) atoms. The van der Waals surface area contributed by atoms with Crippen molar-refractivity contribution in [2.75, 3.05) is 5.73 Å². The molecule has 3 aromatic rings. The zero-order valence-corrected chi connectivity index (χ0v) is 12.8. The number of oxazole rings is 1. The molecule has 0 aliphatic heterocycles. The fourth-order valence-electron chi connectivity index (χ4n) is 2.68. The summed E-state index contributed by atoms with van der Waals surface area (Å²) < 4.78 is 9.37. The maximum atomic E-state index is 6.12. The van der Waals surface area contributed by atoms with Crippen molar-refractivity contribution in [2.24, 2.45) is 7.05 Å². The van der Waals surface area contributed by atoms with Crippen LogP contribution in [0.5, 0.6) is 0 Å². The van der Waals surface area contributed by atoms with Crippen molar-refractivity contribution in [2.45, 2.75) is 39.7 Å². The number of nitrogen functional groups attached to an aromatic ring is 1. The molecule has 2 N–H and O–H groups in total. The van der Waals surface area contributed by atoms with E-state index in [-0.39, 0.29) is 6.04 Å².